The van der Waals surface area contributed by atoms with Crippen LogP contribution in [0.2, 0.25) is 0 Å². The summed E-state index contributed by atoms with van der Waals surface area (Å²) in [5.41, 5.74) is 9.68. The Morgan fingerprint density at radius 3 is 2.81 bits per heavy atom. The van der Waals surface area contributed by atoms with Crippen LogP contribution in [-0.4, -0.2) is 22.9 Å². The van der Waals surface area contributed by atoms with Crippen LogP contribution >= 0.6 is 0 Å². The fraction of sp³-hybridized carbons (Fsp3) is 0.471. The van der Waals surface area contributed by atoms with Crippen molar-refractivity contribution in [2.45, 2.75) is 38.8 Å². The van der Waals surface area contributed by atoms with Gasteiger partial charge in [-0.05, 0) is 44.5 Å². The Balaban J connectivity index is 1.79. The summed E-state index contributed by atoms with van der Waals surface area (Å²) in [6, 6.07) is 11.2. The van der Waals surface area contributed by atoms with Crippen molar-refractivity contribution in [3.63, 3.8) is 0 Å². The van der Waals surface area contributed by atoms with Gasteiger partial charge in [0, 0.05) is 30.4 Å². The van der Waals surface area contributed by atoms with Crippen LogP contribution in [0.25, 0.3) is 0 Å². The van der Waals surface area contributed by atoms with Crippen LogP contribution in [0.5, 0.6) is 0 Å². The molecule has 0 saturated heterocycles. The lowest BCUT2D eigenvalue weighted by Crippen LogP contribution is -2.22. The number of nitrogens with zero attached hydrogens (tertiary/aromatic N) is 3. The van der Waals surface area contributed by atoms with Gasteiger partial charge in [0.15, 0.2) is 0 Å². The van der Waals surface area contributed by atoms with Gasteiger partial charge in [-0.2, -0.15) is 5.10 Å². The van der Waals surface area contributed by atoms with Crippen molar-refractivity contribution in [1.29, 1.82) is 0 Å². The molecule has 2 aromatic rings. The first-order chi connectivity index (χ1) is 10.2. The van der Waals surface area contributed by atoms with Crippen molar-refractivity contribution in [1.82, 2.24) is 9.78 Å². The summed E-state index contributed by atoms with van der Waals surface area (Å²) in [7, 11) is 0. The predicted molar refractivity (Wildman–Crippen MR) is 86.5 cm³/mol. The molecule has 0 radical (unpaired) electrons. The van der Waals surface area contributed by atoms with E-state index in [1.54, 1.807) is 0 Å². The molecule has 4 heteroatoms. The zero-order chi connectivity index (χ0) is 14.8. The van der Waals surface area contributed by atoms with Crippen LogP contribution in [0.1, 0.15) is 43.5 Å². The first kappa shape index (κ1) is 14.1. The van der Waals surface area contributed by atoms with E-state index in [1.807, 2.05) is 4.68 Å². The summed E-state index contributed by atoms with van der Waals surface area (Å²) in [4.78, 5) is 2.43. The van der Waals surface area contributed by atoms with E-state index in [0.717, 1.165) is 31.7 Å². The third-order valence-corrected chi connectivity index (χ3v) is 4.22. The standard InChI is InChI=1S/C17H24N4/c1-13(2)21-10-8-15(19-21)12-20-11-14(7-9-18)16-5-3-4-6-17(16)20/h3-6,8,10,13-14H,7,9,11-12,18H2,1-2H3. The zero-order valence-corrected chi connectivity index (χ0v) is 12.9. The first-order valence-electron chi connectivity index (χ1n) is 7.77. The topological polar surface area (TPSA) is 47.1 Å². The number of benzene rings is 1. The number of para-hydroxylation sites is 1. The third kappa shape index (κ3) is 2.81. The van der Waals surface area contributed by atoms with Gasteiger partial charge in [0.2, 0.25) is 0 Å². The Bertz CT molecular complexity index is 602. The van der Waals surface area contributed by atoms with Gasteiger partial charge < -0.3 is 10.6 Å². The Morgan fingerprint density at radius 1 is 1.29 bits per heavy atom. The number of anilines is 1. The number of rotatable bonds is 5. The lowest BCUT2D eigenvalue weighted by atomic mass is 9.98. The number of fused-ring (bicyclic) bond motifs is 1. The molecule has 2 N–H and O–H groups in total. The molecule has 21 heavy (non-hydrogen) atoms. The highest BCUT2D eigenvalue weighted by Gasteiger charge is 2.27. The minimum absolute atomic E-state index is 0.412. The molecule has 1 aromatic carbocycles. The maximum Gasteiger partial charge on any atom is 0.0817 e. The van der Waals surface area contributed by atoms with E-state index < -0.39 is 0 Å². The van der Waals surface area contributed by atoms with E-state index in [-0.39, 0.29) is 0 Å². The van der Waals surface area contributed by atoms with Crippen molar-refractivity contribution in [3.8, 4) is 0 Å². The van der Waals surface area contributed by atoms with Crippen molar-refractivity contribution < 1.29 is 0 Å². The van der Waals surface area contributed by atoms with Crippen LogP contribution in [0.4, 0.5) is 5.69 Å². The number of aromatic nitrogens is 2. The normalized spacial score (nSPS) is 17.5. The molecule has 4 nitrogen and oxygen atoms in total. The Hall–Kier alpha value is -1.81. The summed E-state index contributed by atoms with van der Waals surface area (Å²) in [5, 5.41) is 4.67. The molecule has 1 aliphatic heterocycles. The second-order valence-corrected chi connectivity index (χ2v) is 6.09. The largest absolute Gasteiger partial charge is 0.365 e. The minimum Gasteiger partial charge on any atom is -0.365 e. The second kappa shape index (κ2) is 5.90. The third-order valence-electron chi connectivity index (χ3n) is 4.22. The highest BCUT2D eigenvalue weighted by Crippen LogP contribution is 2.38. The van der Waals surface area contributed by atoms with Crippen molar-refractivity contribution in [3.05, 3.63) is 47.8 Å². The quantitative estimate of drug-likeness (QED) is 0.918. The molecular weight excluding hydrogens is 260 g/mol. The first-order valence-corrected chi connectivity index (χ1v) is 7.77. The highest BCUT2D eigenvalue weighted by molar-refractivity contribution is 5.60. The summed E-state index contributed by atoms with van der Waals surface area (Å²) >= 11 is 0. The molecule has 1 atom stereocenters. The molecule has 0 spiro atoms. The van der Waals surface area contributed by atoms with Gasteiger partial charge in [0.25, 0.3) is 0 Å². The fourth-order valence-electron chi connectivity index (χ4n) is 3.13. The van der Waals surface area contributed by atoms with Crippen LogP contribution < -0.4 is 10.6 Å². The molecule has 0 fully saturated rings. The lowest BCUT2D eigenvalue weighted by Gasteiger charge is -2.18. The van der Waals surface area contributed by atoms with Gasteiger partial charge >= 0.3 is 0 Å². The molecule has 0 aliphatic carbocycles. The molecule has 1 aliphatic rings. The minimum atomic E-state index is 0.412. The SMILES string of the molecule is CC(C)n1ccc(CN2CC(CCN)c3ccccc32)n1. The van der Waals surface area contributed by atoms with Crippen molar-refractivity contribution >= 4 is 5.69 Å². The Labute approximate surface area is 126 Å². The molecule has 1 aromatic heterocycles. The summed E-state index contributed by atoms with van der Waals surface area (Å²) in [6.07, 6.45) is 3.12. The Kier molecular flexibility index (Phi) is 3.97. The molecule has 0 amide bonds. The molecular formula is C17H24N4. The van der Waals surface area contributed by atoms with Gasteiger partial charge in [-0.3, -0.25) is 4.68 Å². The smallest absolute Gasteiger partial charge is 0.0817 e. The van der Waals surface area contributed by atoms with E-state index in [0.29, 0.717) is 12.0 Å². The van der Waals surface area contributed by atoms with E-state index >= 15 is 0 Å². The molecule has 1 unspecified atom stereocenters. The second-order valence-electron chi connectivity index (χ2n) is 6.09. The molecule has 0 saturated carbocycles. The zero-order valence-electron chi connectivity index (χ0n) is 12.9. The van der Waals surface area contributed by atoms with Crippen LogP contribution in [-0.2, 0) is 6.54 Å². The van der Waals surface area contributed by atoms with Gasteiger partial charge in [0.1, 0.15) is 0 Å². The molecule has 2 heterocycles. The average molecular weight is 284 g/mol. The molecule has 0 bridgehead atoms. The number of hydrogen-bond donors (Lipinski definition) is 1. The van der Waals surface area contributed by atoms with Crippen LogP contribution in [0.15, 0.2) is 36.5 Å². The van der Waals surface area contributed by atoms with Gasteiger partial charge in [-0.1, -0.05) is 18.2 Å². The maximum absolute atomic E-state index is 5.77. The average Bonchev–Trinajstić information content (AvgIpc) is 3.07. The fourth-order valence-corrected chi connectivity index (χ4v) is 3.13. The summed E-state index contributed by atoms with van der Waals surface area (Å²) in [5.74, 6) is 0.554. The van der Waals surface area contributed by atoms with E-state index in [1.165, 1.54) is 11.3 Å². The van der Waals surface area contributed by atoms with E-state index in [4.69, 9.17) is 5.73 Å². The van der Waals surface area contributed by atoms with Crippen molar-refractivity contribution in [2.24, 2.45) is 5.73 Å². The lowest BCUT2D eigenvalue weighted by molar-refractivity contribution is 0.524. The van der Waals surface area contributed by atoms with Crippen LogP contribution in [0, 0.1) is 0 Å². The number of nitrogens with two attached hydrogens (primary N) is 1. The van der Waals surface area contributed by atoms with Gasteiger partial charge in [-0.25, -0.2) is 0 Å². The predicted octanol–water partition coefficient (Wildman–Crippen LogP) is 2.92. The van der Waals surface area contributed by atoms with Crippen molar-refractivity contribution in [2.75, 3.05) is 18.0 Å². The van der Waals surface area contributed by atoms with E-state index in [9.17, 15) is 0 Å². The van der Waals surface area contributed by atoms with E-state index in [2.05, 4.69) is 60.4 Å². The van der Waals surface area contributed by atoms with Crippen LogP contribution in [0.3, 0.4) is 0 Å². The summed E-state index contributed by atoms with van der Waals surface area (Å²) in [6.45, 7) is 6.97. The highest BCUT2D eigenvalue weighted by atomic mass is 15.3. The maximum atomic E-state index is 5.77. The monoisotopic (exact) mass is 284 g/mol. The molecule has 3 rings (SSSR count). The molecule has 112 valence electrons. The summed E-state index contributed by atoms with van der Waals surface area (Å²) < 4.78 is 2.02. The Morgan fingerprint density at radius 2 is 2.10 bits per heavy atom. The van der Waals surface area contributed by atoms with Gasteiger partial charge in [-0.15, -0.1) is 0 Å². The number of hydrogen-bond acceptors (Lipinski definition) is 3. The van der Waals surface area contributed by atoms with Gasteiger partial charge in [0.05, 0.1) is 12.2 Å².